The Morgan fingerprint density at radius 3 is 3.00 bits per heavy atom. The van der Waals surface area contributed by atoms with E-state index in [1.807, 2.05) is 22.6 Å². The van der Waals surface area contributed by atoms with E-state index < -0.39 is 0 Å². The predicted octanol–water partition coefficient (Wildman–Crippen LogP) is 2.27. The Bertz CT molecular complexity index is 723. The molecular weight excluding hydrogens is 290 g/mol. The molecule has 0 radical (unpaired) electrons. The average molecular weight is 315 g/mol. The average Bonchev–Trinajstić information content (AvgIpc) is 3.18. The van der Waals surface area contributed by atoms with E-state index in [9.17, 15) is 4.79 Å². The van der Waals surface area contributed by atoms with E-state index in [1.54, 1.807) is 6.20 Å². The second-order valence-electron chi connectivity index (χ2n) is 6.43. The van der Waals surface area contributed by atoms with Crippen LogP contribution in [0, 0.1) is 6.92 Å². The van der Waals surface area contributed by atoms with Gasteiger partial charge in [0.2, 0.25) is 0 Å². The van der Waals surface area contributed by atoms with Crippen LogP contribution in [0.2, 0.25) is 0 Å². The van der Waals surface area contributed by atoms with Crippen LogP contribution >= 0.6 is 0 Å². The van der Waals surface area contributed by atoms with Crippen molar-refractivity contribution in [1.29, 1.82) is 0 Å². The maximum Gasteiger partial charge on any atom is 0.255 e. The molecule has 3 rings (SSSR count). The topological polar surface area (TPSA) is 77.0 Å². The zero-order valence-electron chi connectivity index (χ0n) is 14.1. The molecule has 2 atom stereocenters. The Balaban J connectivity index is 2.07. The summed E-state index contributed by atoms with van der Waals surface area (Å²) in [7, 11) is 0. The Morgan fingerprint density at radius 1 is 1.52 bits per heavy atom. The Hall–Kier alpha value is -1.95. The molecule has 2 aromatic heterocycles. The molecule has 1 aliphatic rings. The van der Waals surface area contributed by atoms with E-state index in [0.29, 0.717) is 12.1 Å². The van der Waals surface area contributed by atoms with E-state index >= 15 is 0 Å². The monoisotopic (exact) mass is 315 g/mol. The van der Waals surface area contributed by atoms with Gasteiger partial charge < -0.3 is 10.6 Å². The van der Waals surface area contributed by atoms with Crippen LogP contribution in [0.25, 0.3) is 11.0 Å². The van der Waals surface area contributed by atoms with Gasteiger partial charge in [0.05, 0.1) is 23.2 Å². The first kappa shape index (κ1) is 15.9. The number of pyridine rings is 1. The summed E-state index contributed by atoms with van der Waals surface area (Å²) in [4.78, 5) is 19.6. The molecule has 2 N–H and O–H groups in total. The SMILES string of the molecule is CCC(C)n1ncc2c(C(=O)N3CCCC3CN)cc(C)nc21. The van der Waals surface area contributed by atoms with E-state index in [0.717, 1.165) is 42.5 Å². The number of nitrogens with two attached hydrogens (primary N) is 1. The fraction of sp³-hybridized carbons (Fsp3) is 0.588. The highest BCUT2D eigenvalue weighted by Gasteiger charge is 2.30. The van der Waals surface area contributed by atoms with Crippen LogP contribution in [0.15, 0.2) is 12.3 Å². The number of fused-ring (bicyclic) bond motifs is 1. The second-order valence-corrected chi connectivity index (χ2v) is 6.43. The number of aryl methyl sites for hydroxylation is 1. The molecule has 0 saturated carbocycles. The number of amides is 1. The summed E-state index contributed by atoms with van der Waals surface area (Å²) in [5.74, 6) is 0.0529. The summed E-state index contributed by atoms with van der Waals surface area (Å²) >= 11 is 0. The molecule has 1 aliphatic heterocycles. The second kappa shape index (κ2) is 6.28. The van der Waals surface area contributed by atoms with Crippen molar-refractivity contribution in [3.8, 4) is 0 Å². The third kappa shape index (κ3) is 2.72. The molecule has 2 unspecified atom stereocenters. The van der Waals surface area contributed by atoms with E-state index in [1.165, 1.54) is 0 Å². The smallest absolute Gasteiger partial charge is 0.255 e. The zero-order valence-corrected chi connectivity index (χ0v) is 14.1. The third-order valence-corrected chi connectivity index (χ3v) is 4.84. The molecular formula is C17H25N5O. The summed E-state index contributed by atoms with van der Waals surface area (Å²) in [5, 5.41) is 5.31. The minimum Gasteiger partial charge on any atom is -0.334 e. The highest BCUT2D eigenvalue weighted by atomic mass is 16.2. The van der Waals surface area contributed by atoms with Gasteiger partial charge in [-0.1, -0.05) is 6.92 Å². The highest BCUT2D eigenvalue weighted by Crippen LogP contribution is 2.26. The molecule has 0 spiro atoms. The molecule has 124 valence electrons. The standard InChI is InChI=1S/C17H25N5O/c1-4-12(3)22-16-15(10-19-22)14(8-11(2)20-16)17(23)21-7-5-6-13(21)9-18/h8,10,12-13H,4-7,9,18H2,1-3H3. The van der Waals surface area contributed by atoms with Crippen LogP contribution in [0.3, 0.4) is 0 Å². The maximum absolute atomic E-state index is 13.0. The van der Waals surface area contributed by atoms with Crippen molar-refractivity contribution in [2.75, 3.05) is 13.1 Å². The quantitative estimate of drug-likeness (QED) is 0.939. The van der Waals surface area contributed by atoms with Crippen molar-refractivity contribution < 1.29 is 4.79 Å². The van der Waals surface area contributed by atoms with Crippen molar-refractivity contribution in [3.05, 3.63) is 23.5 Å². The number of carbonyl (C=O) groups is 1. The Kier molecular flexibility index (Phi) is 4.35. The summed E-state index contributed by atoms with van der Waals surface area (Å²) < 4.78 is 1.92. The normalized spacial score (nSPS) is 19.5. The summed E-state index contributed by atoms with van der Waals surface area (Å²) in [6, 6.07) is 2.28. The maximum atomic E-state index is 13.0. The minimum atomic E-state index is 0.0529. The van der Waals surface area contributed by atoms with E-state index in [2.05, 4.69) is 23.9 Å². The third-order valence-electron chi connectivity index (χ3n) is 4.84. The molecule has 1 fully saturated rings. The lowest BCUT2D eigenvalue weighted by atomic mass is 10.1. The lowest BCUT2D eigenvalue weighted by Gasteiger charge is -2.24. The molecule has 0 bridgehead atoms. The zero-order chi connectivity index (χ0) is 16.6. The first-order valence-corrected chi connectivity index (χ1v) is 8.42. The minimum absolute atomic E-state index is 0.0529. The molecule has 3 heterocycles. The highest BCUT2D eigenvalue weighted by molar-refractivity contribution is 6.05. The molecule has 23 heavy (non-hydrogen) atoms. The van der Waals surface area contributed by atoms with Crippen molar-refractivity contribution in [1.82, 2.24) is 19.7 Å². The van der Waals surface area contributed by atoms with Gasteiger partial charge in [-0.3, -0.25) is 4.79 Å². The summed E-state index contributed by atoms with van der Waals surface area (Å²) in [5.41, 5.74) is 8.16. The number of rotatable bonds is 4. The fourth-order valence-electron chi connectivity index (χ4n) is 3.32. The lowest BCUT2D eigenvalue weighted by Crippen LogP contribution is -2.40. The fourth-order valence-corrected chi connectivity index (χ4v) is 3.32. The number of hydrogen-bond donors (Lipinski definition) is 1. The van der Waals surface area contributed by atoms with Crippen molar-refractivity contribution in [2.45, 2.75) is 52.1 Å². The van der Waals surface area contributed by atoms with Crippen LogP contribution in [0.5, 0.6) is 0 Å². The molecule has 0 aliphatic carbocycles. The van der Waals surface area contributed by atoms with Gasteiger partial charge in [0.15, 0.2) is 5.65 Å². The van der Waals surface area contributed by atoms with Gasteiger partial charge >= 0.3 is 0 Å². The van der Waals surface area contributed by atoms with Gasteiger partial charge in [-0.05, 0) is 39.2 Å². The van der Waals surface area contributed by atoms with Crippen molar-refractivity contribution in [2.24, 2.45) is 5.73 Å². The predicted molar refractivity (Wildman–Crippen MR) is 90.4 cm³/mol. The van der Waals surface area contributed by atoms with Gasteiger partial charge in [0.25, 0.3) is 5.91 Å². The van der Waals surface area contributed by atoms with Gasteiger partial charge in [-0.2, -0.15) is 5.10 Å². The van der Waals surface area contributed by atoms with E-state index in [-0.39, 0.29) is 18.0 Å². The number of aromatic nitrogens is 3. The largest absolute Gasteiger partial charge is 0.334 e. The number of carbonyl (C=O) groups excluding carboxylic acids is 1. The molecule has 1 saturated heterocycles. The Morgan fingerprint density at radius 2 is 2.30 bits per heavy atom. The van der Waals surface area contributed by atoms with Crippen LogP contribution in [0.1, 0.15) is 55.2 Å². The first-order valence-electron chi connectivity index (χ1n) is 8.42. The first-order chi connectivity index (χ1) is 11.1. The van der Waals surface area contributed by atoms with Crippen LogP contribution in [-0.2, 0) is 0 Å². The molecule has 0 aromatic carbocycles. The summed E-state index contributed by atoms with van der Waals surface area (Å²) in [6.07, 6.45) is 4.75. The molecule has 2 aromatic rings. The van der Waals surface area contributed by atoms with Gasteiger partial charge in [0, 0.05) is 24.8 Å². The molecule has 1 amide bonds. The van der Waals surface area contributed by atoms with Crippen LogP contribution < -0.4 is 5.73 Å². The van der Waals surface area contributed by atoms with Crippen LogP contribution in [-0.4, -0.2) is 44.7 Å². The Labute approximate surface area is 136 Å². The van der Waals surface area contributed by atoms with Gasteiger partial charge in [-0.25, -0.2) is 9.67 Å². The number of likely N-dealkylation sites (tertiary alicyclic amines) is 1. The number of nitrogens with zero attached hydrogens (tertiary/aromatic N) is 4. The van der Waals surface area contributed by atoms with Gasteiger partial charge in [0.1, 0.15) is 0 Å². The van der Waals surface area contributed by atoms with Crippen molar-refractivity contribution >= 4 is 16.9 Å². The lowest BCUT2D eigenvalue weighted by molar-refractivity contribution is 0.0743. The number of hydrogen-bond acceptors (Lipinski definition) is 4. The summed E-state index contributed by atoms with van der Waals surface area (Å²) in [6.45, 7) is 7.46. The molecule has 6 heteroatoms. The van der Waals surface area contributed by atoms with Gasteiger partial charge in [-0.15, -0.1) is 0 Å². The van der Waals surface area contributed by atoms with Crippen molar-refractivity contribution in [3.63, 3.8) is 0 Å². The van der Waals surface area contributed by atoms with E-state index in [4.69, 9.17) is 5.73 Å². The van der Waals surface area contributed by atoms with Crippen LogP contribution in [0.4, 0.5) is 0 Å². The molecule has 6 nitrogen and oxygen atoms in total.